The quantitative estimate of drug-likeness (QED) is 0.843. The van der Waals surface area contributed by atoms with E-state index in [0.717, 1.165) is 5.69 Å². The van der Waals surface area contributed by atoms with Crippen LogP contribution in [0.15, 0.2) is 24.4 Å². The number of carbonyl (C=O) groups is 2. The van der Waals surface area contributed by atoms with Crippen molar-refractivity contribution in [2.75, 3.05) is 0 Å². The van der Waals surface area contributed by atoms with Crippen molar-refractivity contribution in [3.63, 3.8) is 0 Å². The van der Waals surface area contributed by atoms with E-state index in [1.54, 1.807) is 24.1 Å². The normalized spacial score (nSPS) is 24.1. The molecule has 2 rings (SSSR count). The Balaban J connectivity index is 2.12. The molecule has 1 aliphatic heterocycles. The van der Waals surface area contributed by atoms with Crippen molar-refractivity contribution in [2.24, 2.45) is 5.92 Å². The minimum absolute atomic E-state index is 0.0866. The van der Waals surface area contributed by atoms with Gasteiger partial charge in [-0.25, -0.2) is 0 Å². The Bertz CT molecular complexity index is 433. The first-order valence-corrected chi connectivity index (χ1v) is 5.52. The maximum absolute atomic E-state index is 11.7. The molecule has 0 aliphatic carbocycles. The van der Waals surface area contributed by atoms with Crippen LogP contribution in [0.5, 0.6) is 0 Å². The first kappa shape index (κ1) is 11.6. The first-order valence-electron chi connectivity index (χ1n) is 5.52. The topological polar surface area (TPSA) is 70.5 Å². The van der Waals surface area contributed by atoms with Crippen molar-refractivity contribution < 1.29 is 14.7 Å². The molecule has 1 fully saturated rings. The molecule has 1 aromatic rings. The Kier molecular flexibility index (Phi) is 3.08. The van der Waals surface area contributed by atoms with Gasteiger partial charge in [0.1, 0.15) is 0 Å². The SMILES string of the molecule is CC1C(C(=O)O)CC(=O)N1Cc1ccccn1. The lowest BCUT2D eigenvalue weighted by molar-refractivity contribution is -0.142. The van der Waals surface area contributed by atoms with Crippen LogP contribution in [-0.2, 0) is 16.1 Å². The van der Waals surface area contributed by atoms with Gasteiger partial charge in [-0.05, 0) is 19.1 Å². The number of carboxylic acids is 1. The Morgan fingerprint density at radius 3 is 2.88 bits per heavy atom. The van der Waals surface area contributed by atoms with E-state index in [4.69, 9.17) is 5.11 Å². The van der Waals surface area contributed by atoms with Crippen molar-refractivity contribution in [1.82, 2.24) is 9.88 Å². The summed E-state index contributed by atoms with van der Waals surface area (Å²) in [7, 11) is 0. The highest BCUT2D eigenvalue weighted by atomic mass is 16.4. The van der Waals surface area contributed by atoms with Gasteiger partial charge in [0.15, 0.2) is 0 Å². The summed E-state index contributed by atoms with van der Waals surface area (Å²) in [5.41, 5.74) is 0.777. The van der Waals surface area contributed by atoms with Crippen molar-refractivity contribution in [2.45, 2.75) is 25.9 Å². The van der Waals surface area contributed by atoms with Crippen LogP contribution in [-0.4, -0.2) is 32.9 Å². The predicted molar refractivity (Wildman–Crippen MR) is 60.0 cm³/mol. The Morgan fingerprint density at radius 1 is 1.59 bits per heavy atom. The van der Waals surface area contributed by atoms with E-state index in [9.17, 15) is 9.59 Å². The number of pyridine rings is 1. The van der Waals surface area contributed by atoms with E-state index in [2.05, 4.69) is 4.98 Å². The minimum Gasteiger partial charge on any atom is -0.481 e. The van der Waals surface area contributed by atoms with Gasteiger partial charge in [-0.15, -0.1) is 0 Å². The molecule has 0 bridgehead atoms. The second kappa shape index (κ2) is 4.53. The van der Waals surface area contributed by atoms with Crippen LogP contribution < -0.4 is 0 Å². The summed E-state index contributed by atoms with van der Waals surface area (Å²) in [6, 6.07) is 5.21. The van der Waals surface area contributed by atoms with Gasteiger partial charge < -0.3 is 10.0 Å². The fraction of sp³-hybridized carbons (Fsp3) is 0.417. The van der Waals surface area contributed by atoms with Gasteiger partial charge in [0.2, 0.25) is 5.91 Å². The second-order valence-electron chi connectivity index (χ2n) is 4.23. The van der Waals surface area contributed by atoms with E-state index >= 15 is 0 Å². The van der Waals surface area contributed by atoms with Gasteiger partial charge in [0.05, 0.1) is 18.2 Å². The van der Waals surface area contributed by atoms with Gasteiger partial charge in [-0.3, -0.25) is 14.6 Å². The van der Waals surface area contributed by atoms with Crippen LogP contribution in [0.3, 0.4) is 0 Å². The minimum atomic E-state index is -0.908. The van der Waals surface area contributed by atoms with Gasteiger partial charge in [-0.1, -0.05) is 6.07 Å². The molecule has 1 N–H and O–H groups in total. The molecule has 1 aliphatic rings. The van der Waals surface area contributed by atoms with Crippen LogP contribution in [0, 0.1) is 5.92 Å². The number of hydrogen-bond acceptors (Lipinski definition) is 3. The summed E-state index contributed by atoms with van der Waals surface area (Å²) in [5, 5.41) is 8.99. The number of carbonyl (C=O) groups excluding carboxylic acids is 1. The number of aromatic nitrogens is 1. The predicted octanol–water partition coefficient (Wildman–Crippen LogP) is 0.903. The van der Waals surface area contributed by atoms with Crippen molar-refractivity contribution >= 4 is 11.9 Å². The summed E-state index contributed by atoms with van der Waals surface area (Å²) in [6.45, 7) is 2.15. The lowest BCUT2D eigenvalue weighted by Gasteiger charge is -2.22. The molecule has 1 aromatic heterocycles. The standard InChI is InChI=1S/C12H14N2O3/c1-8-10(12(16)17)6-11(15)14(8)7-9-4-2-3-5-13-9/h2-5,8,10H,6-7H2,1H3,(H,16,17). The van der Waals surface area contributed by atoms with Crippen LogP contribution in [0.1, 0.15) is 19.0 Å². The van der Waals surface area contributed by atoms with Crippen molar-refractivity contribution in [1.29, 1.82) is 0 Å². The summed E-state index contributed by atoms with van der Waals surface area (Å²) < 4.78 is 0. The molecule has 0 saturated carbocycles. The molecule has 2 atom stereocenters. The van der Waals surface area contributed by atoms with Crippen LogP contribution in [0.25, 0.3) is 0 Å². The largest absolute Gasteiger partial charge is 0.481 e. The highest BCUT2D eigenvalue weighted by Gasteiger charge is 2.40. The molecule has 1 saturated heterocycles. The molecule has 1 amide bonds. The highest BCUT2D eigenvalue weighted by molar-refractivity contribution is 5.86. The third kappa shape index (κ3) is 2.27. The zero-order valence-electron chi connectivity index (χ0n) is 9.54. The lowest BCUT2D eigenvalue weighted by Crippen LogP contribution is -2.34. The Labute approximate surface area is 99.1 Å². The summed E-state index contributed by atoms with van der Waals surface area (Å²) in [4.78, 5) is 28.4. The molecular formula is C12H14N2O3. The fourth-order valence-corrected chi connectivity index (χ4v) is 2.11. The molecule has 90 valence electrons. The lowest BCUT2D eigenvalue weighted by atomic mass is 10.0. The van der Waals surface area contributed by atoms with Crippen LogP contribution in [0.4, 0.5) is 0 Å². The smallest absolute Gasteiger partial charge is 0.309 e. The van der Waals surface area contributed by atoms with Crippen molar-refractivity contribution in [3.8, 4) is 0 Å². The third-order valence-corrected chi connectivity index (χ3v) is 3.16. The van der Waals surface area contributed by atoms with Gasteiger partial charge in [-0.2, -0.15) is 0 Å². The summed E-state index contributed by atoms with van der Waals surface area (Å²) in [5.74, 6) is -1.63. The van der Waals surface area contributed by atoms with E-state index in [0.29, 0.717) is 6.54 Å². The number of amides is 1. The zero-order valence-corrected chi connectivity index (χ0v) is 9.54. The molecule has 2 unspecified atom stereocenters. The molecule has 2 heterocycles. The fourth-order valence-electron chi connectivity index (χ4n) is 2.11. The number of likely N-dealkylation sites (tertiary alicyclic amines) is 1. The van der Waals surface area contributed by atoms with Crippen LogP contribution in [0.2, 0.25) is 0 Å². The number of rotatable bonds is 3. The van der Waals surface area contributed by atoms with Gasteiger partial charge in [0.25, 0.3) is 0 Å². The molecule has 5 nitrogen and oxygen atoms in total. The average Bonchev–Trinajstić information content (AvgIpc) is 2.58. The molecule has 0 spiro atoms. The maximum Gasteiger partial charge on any atom is 0.309 e. The molecule has 0 radical (unpaired) electrons. The van der Waals surface area contributed by atoms with E-state index in [-0.39, 0.29) is 18.4 Å². The van der Waals surface area contributed by atoms with Gasteiger partial charge in [0, 0.05) is 18.7 Å². The van der Waals surface area contributed by atoms with E-state index in [1.807, 2.05) is 12.1 Å². The van der Waals surface area contributed by atoms with E-state index in [1.165, 1.54) is 0 Å². The summed E-state index contributed by atoms with van der Waals surface area (Å²) in [6.07, 6.45) is 1.75. The number of hydrogen-bond donors (Lipinski definition) is 1. The highest BCUT2D eigenvalue weighted by Crippen LogP contribution is 2.26. The monoisotopic (exact) mass is 234 g/mol. The number of carboxylic acid groups (broad SMARTS) is 1. The number of nitrogens with zero attached hydrogens (tertiary/aromatic N) is 2. The summed E-state index contributed by atoms with van der Waals surface area (Å²) >= 11 is 0. The van der Waals surface area contributed by atoms with Gasteiger partial charge >= 0.3 is 5.97 Å². The Morgan fingerprint density at radius 2 is 2.35 bits per heavy atom. The zero-order chi connectivity index (χ0) is 12.4. The molecular weight excluding hydrogens is 220 g/mol. The van der Waals surface area contributed by atoms with Crippen LogP contribution >= 0.6 is 0 Å². The molecule has 5 heteroatoms. The second-order valence-corrected chi connectivity index (χ2v) is 4.23. The molecule has 17 heavy (non-hydrogen) atoms. The average molecular weight is 234 g/mol. The number of aliphatic carboxylic acids is 1. The molecule has 0 aromatic carbocycles. The first-order chi connectivity index (χ1) is 8.09. The third-order valence-electron chi connectivity index (χ3n) is 3.16. The van der Waals surface area contributed by atoms with E-state index < -0.39 is 11.9 Å². The maximum atomic E-state index is 11.7. The Hall–Kier alpha value is -1.91. The van der Waals surface area contributed by atoms with Crippen molar-refractivity contribution in [3.05, 3.63) is 30.1 Å².